The zero-order chi connectivity index (χ0) is 19.3. The maximum atomic E-state index is 12.3. The van der Waals surface area contributed by atoms with Gasteiger partial charge in [0.05, 0.1) is 10.6 Å². The fourth-order valence-electron chi connectivity index (χ4n) is 3.45. The molecule has 0 saturated heterocycles. The maximum absolute atomic E-state index is 12.3. The number of fused-ring (bicyclic) bond motifs is 1. The third kappa shape index (κ3) is 4.54. The minimum absolute atomic E-state index is 0.0352. The van der Waals surface area contributed by atoms with E-state index in [0.717, 1.165) is 34.6 Å². The van der Waals surface area contributed by atoms with Crippen LogP contribution >= 0.6 is 11.8 Å². The van der Waals surface area contributed by atoms with Gasteiger partial charge in [-0.25, -0.2) is 0 Å². The van der Waals surface area contributed by atoms with Crippen LogP contribution in [0.4, 0.5) is 5.69 Å². The van der Waals surface area contributed by atoms with Crippen LogP contribution in [0.15, 0.2) is 64.4 Å². The molecule has 2 amide bonds. The molecule has 1 aliphatic carbocycles. The van der Waals surface area contributed by atoms with Gasteiger partial charge in [-0.05, 0) is 48.3 Å². The summed E-state index contributed by atoms with van der Waals surface area (Å²) in [5, 5.41) is 5.97. The topological polar surface area (TPSA) is 58.2 Å². The Morgan fingerprint density at radius 1 is 1.04 bits per heavy atom. The number of benzene rings is 2. The average molecular weight is 391 g/mol. The fourth-order valence-corrected chi connectivity index (χ4v) is 4.40. The Kier molecular flexibility index (Phi) is 5.63. The first kappa shape index (κ1) is 18.6. The summed E-state index contributed by atoms with van der Waals surface area (Å²) in [7, 11) is 0. The van der Waals surface area contributed by atoms with Gasteiger partial charge in [0, 0.05) is 17.0 Å². The SMILES string of the molecule is O=C(/C=C/c1ccc(/C=C2/Sc3ccccc3NC2=O)cc1)NC1CCCC1. The third-order valence-electron chi connectivity index (χ3n) is 4.94. The van der Waals surface area contributed by atoms with E-state index in [9.17, 15) is 9.59 Å². The molecule has 0 unspecified atom stereocenters. The number of carbonyl (C=O) groups excluding carboxylic acids is 2. The van der Waals surface area contributed by atoms with Crippen molar-refractivity contribution in [1.82, 2.24) is 5.32 Å². The highest BCUT2D eigenvalue weighted by molar-refractivity contribution is 8.04. The van der Waals surface area contributed by atoms with Gasteiger partial charge in [0.25, 0.3) is 5.91 Å². The summed E-state index contributed by atoms with van der Waals surface area (Å²) < 4.78 is 0. The first-order valence-corrected chi connectivity index (χ1v) is 10.4. The van der Waals surface area contributed by atoms with Gasteiger partial charge in [-0.15, -0.1) is 0 Å². The molecule has 2 aromatic carbocycles. The Bertz CT molecular complexity index is 941. The van der Waals surface area contributed by atoms with Gasteiger partial charge in [-0.2, -0.15) is 0 Å². The van der Waals surface area contributed by atoms with Crippen molar-refractivity contribution in [2.75, 3.05) is 5.32 Å². The Morgan fingerprint density at radius 3 is 2.54 bits per heavy atom. The Labute approximate surface area is 169 Å². The van der Waals surface area contributed by atoms with E-state index >= 15 is 0 Å². The van der Waals surface area contributed by atoms with Gasteiger partial charge >= 0.3 is 0 Å². The lowest BCUT2D eigenvalue weighted by atomic mass is 10.1. The molecule has 5 heteroatoms. The van der Waals surface area contributed by atoms with Crippen LogP contribution in [-0.2, 0) is 9.59 Å². The summed E-state index contributed by atoms with van der Waals surface area (Å²) in [6.07, 6.45) is 9.86. The number of hydrogen-bond donors (Lipinski definition) is 2. The summed E-state index contributed by atoms with van der Waals surface area (Å²) >= 11 is 1.48. The largest absolute Gasteiger partial charge is 0.350 e. The molecule has 4 nitrogen and oxygen atoms in total. The second kappa shape index (κ2) is 8.48. The van der Waals surface area contributed by atoms with Gasteiger partial charge in [0.1, 0.15) is 0 Å². The minimum atomic E-state index is -0.0868. The van der Waals surface area contributed by atoms with Crippen LogP contribution in [0.3, 0.4) is 0 Å². The molecule has 2 aliphatic rings. The molecule has 4 rings (SSSR count). The van der Waals surface area contributed by atoms with Gasteiger partial charge in [-0.3, -0.25) is 9.59 Å². The molecule has 0 radical (unpaired) electrons. The Hall–Kier alpha value is -2.79. The molecule has 1 aliphatic heterocycles. The van der Waals surface area contributed by atoms with Crippen molar-refractivity contribution in [3.05, 3.63) is 70.6 Å². The summed E-state index contributed by atoms with van der Waals surface area (Å²) in [6, 6.07) is 15.9. The van der Waals surface area contributed by atoms with E-state index in [1.807, 2.05) is 60.7 Å². The second-order valence-electron chi connectivity index (χ2n) is 7.05. The van der Waals surface area contributed by atoms with Crippen LogP contribution < -0.4 is 10.6 Å². The second-order valence-corrected chi connectivity index (χ2v) is 8.13. The van der Waals surface area contributed by atoms with E-state index in [1.165, 1.54) is 24.6 Å². The molecule has 28 heavy (non-hydrogen) atoms. The molecule has 0 atom stereocenters. The van der Waals surface area contributed by atoms with Crippen LogP contribution in [0.1, 0.15) is 36.8 Å². The van der Waals surface area contributed by atoms with Crippen LogP contribution in [0.25, 0.3) is 12.2 Å². The number of amides is 2. The maximum Gasteiger partial charge on any atom is 0.262 e. The monoisotopic (exact) mass is 390 g/mol. The summed E-state index contributed by atoms with van der Waals surface area (Å²) in [4.78, 5) is 26.0. The van der Waals surface area contributed by atoms with Crippen LogP contribution in [0, 0.1) is 0 Å². The van der Waals surface area contributed by atoms with Gasteiger partial charge < -0.3 is 10.6 Å². The molecule has 1 fully saturated rings. The predicted molar refractivity (Wildman–Crippen MR) is 115 cm³/mol. The number of rotatable bonds is 4. The molecule has 0 bridgehead atoms. The van der Waals surface area contributed by atoms with Crippen molar-refractivity contribution in [3.8, 4) is 0 Å². The number of nitrogens with one attached hydrogen (secondary N) is 2. The molecule has 2 aromatic rings. The highest BCUT2D eigenvalue weighted by Gasteiger charge is 2.20. The van der Waals surface area contributed by atoms with E-state index in [4.69, 9.17) is 0 Å². The van der Waals surface area contributed by atoms with Crippen LogP contribution in [0.5, 0.6) is 0 Å². The number of carbonyl (C=O) groups is 2. The zero-order valence-corrected chi connectivity index (χ0v) is 16.3. The third-order valence-corrected chi connectivity index (χ3v) is 6.04. The number of para-hydroxylation sites is 1. The quantitative estimate of drug-likeness (QED) is 0.734. The van der Waals surface area contributed by atoms with E-state index in [2.05, 4.69) is 10.6 Å². The van der Waals surface area contributed by atoms with E-state index in [-0.39, 0.29) is 11.8 Å². The normalized spacial score (nSPS) is 18.3. The lowest BCUT2D eigenvalue weighted by molar-refractivity contribution is -0.117. The van der Waals surface area contributed by atoms with Crippen molar-refractivity contribution < 1.29 is 9.59 Å². The molecule has 142 valence electrons. The predicted octanol–water partition coefficient (Wildman–Crippen LogP) is 4.84. The van der Waals surface area contributed by atoms with Crippen molar-refractivity contribution in [2.24, 2.45) is 0 Å². The number of anilines is 1. The smallest absolute Gasteiger partial charge is 0.262 e. The van der Waals surface area contributed by atoms with Crippen molar-refractivity contribution in [2.45, 2.75) is 36.6 Å². The van der Waals surface area contributed by atoms with Gasteiger partial charge in [0.2, 0.25) is 5.91 Å². The standard InChI is InChI=1S/C23H22N2O2S/c26-22(24-18-5-1-2-6-18)14-13-16-9-11-17(12-10-16)15-21-23(27)25-19-7-3-4-8-20(19)28-21/h3-4,7-15,18H,1-2,5-6H2,(H,24,26)(H,25,27)/b14-13+,21-15+. The zero-order valence-electron chi connectivity index (χ0n) is 15.5. The molecular formula is C23H22N2O2S. The van der Waals surface area contributed by atoms with E-state index in [1.54, 1.807) is 6.08 Å². The highest BCUT2D eigenvalue weighted by Crippen LogP contribution is 2.38. The number of hydrogen-bond acceptors (Lipinski definition) is 3. The van der Waals surface area contributed by atoms with Crippen molar-refractivity contribution in [1.29, 1.82) is 0 Å². The molecule has 0 spiro atoms. The Balaban J connectivity index is 1.40. The first-order chi connectivity index (χ1) is 13.7. The molecule has 0 aromatic heterocycles. The molecule has 1 heterocycles. The van der Waals surface area contributed by atoms with Gasteiger partial charge in [-0.1, -0.05) is 61.0 Å². The average Bonchev–Trinajstić information content (AvgIpc) is 3.21. The highest BCUT2D eigenvalue weighted by atomic mass is 32.2. The molecule has 1 saturated carbocycles. The van der Waals surface area contributed by atoms with E-state index in [0.29, 0.717) is 10.9 Å². The number of thioether (sulfide) groups is 1. The van der Waals surface area contributed by atoms with Gasteiger partial charge in [0.15, 0.2) is 0 Å². The minimum Gasteiger partial charge on any atom is -0.350 e. The summed E-state index contributed by atoms with van der Waals surface area (Å²) in [6.45, 7) is 0. The fraction of sp³-hybridized carbons (Fsp3) is 0.217. The Morgan fingerprint density at radius 2 is 1.75 bits per heavy atom. The lowest BCUT2D eigenvalue weighted by Gasteiger charge is -2.18. The molecular weight excluding hydrogens is 368 g/mol. The molecule has 2 N–H and O–H groups in total. The van der Waals surface area contributed by atoms with E-state index < -0.39 is 0 Å². The van der Waals surface area contributed by atoms with Crippen LogP contribution in [-0.4, -0.2) is 17.9 Å². The summed E-state index contributed by atoms with van der Waals surface area (Å²) in [5.74, 6) is -0.122. The van der Waals surface area contributed by atoms with Crippen LogP contribution in [0.2, 0.25) is 0 Å². The lowest BCUT2D eigenvalue weighted by Crippen LogP contribution is -2.30. The van der Waals surface area contributed by atoms with Crippen molar-refractivity contribution >= 4 is 41.4 Å². The first-order valence-electron chi connectivity index (χ1n) is 9.56. The van der Waals surface area contributed by atoms with Crippen molar-refractivity contribution in [3.63, 3.8) is 0 Å². The summed E-state index contributed by atoms with van der Waals surface area (Å²) in [5.41, 5.74) is 2.76.